The highest BCUT2D eigenvalue weighted by Crippen LogP contribution is 2.33. The number of nitrogens with one attached hydrogen (secondary N) is 4. The number of pyridine rings is 2. The molecule has 0 unspecified atom stereocenters. The van der Waals surface area contributed by atoms with Gasteiger partial charge >= 0.3 is 0 Å². The summed E-state index contributed by atoms with van der Waals surface area (Å²) in [6.45, 7) is 7.70. The van der Waals surface area contributed by atoms with Gasteiger partial charge in [-0.25, -0.2) is 15.0 Å². The lowest BCUT2D eigenvalue weighted by molar-refractivity contribution is 1.12. The van der Waals surface area contributed by atoms with Crippen LogP contribution in [0, 0.1) is 0 Å². The van der Waals surface area contributed by atoms with Crippen molar-refractivity contribution in [3.8, 4) is 0 Å². The number of fused-ring (bicyclic) bond motifs is 3. The standard InChI is InChI=1S/C25H21N11/c1-3-12-5-7-29-20-16(26)24(33-18(12)20)35-22-14-9-28-10-15(14)23(32-11-31-22)36-25-17(27)21-19(34-25)13(4-2)6-8-30-21/h3-11,28,33-34H,1-2,26-27H2,(H,31,32,35,36). The first kappa shape index (κ1) is 21.1. The number of H-pyrrole nitrogens is 3. The van der Waals surface area contributed by atoms with Gasteiger partial charge in [0.05, 0.1) is 11.0 Å². The number of aromatic nitrogens is 7. The van der Waals surface area contributed by atoms with Crippen molar-refractivity contribution in [2.75, 3.05) is 16.8 Å². The number of hydrogen-bond acceptors (Lipinski definition) is 8. The Balaban J connectivity index is 1.50. The molecule has 0 spiro atoms. The molecule has 0 aliphatic carbocycles. The van der Waals surface area contributed by atoms with Crippen LogP contribution < -0.4 is 22.3 Å². The zero-order valence-electron chi connectivity index (χ0n) is 19.0. The predicted molar refractivity (Wildman–Crippen MR) is 144 cm³/mol. The molecular formula is C25H21N11. The molecule has 11 nitrogen and oxygen atoms in total. The largest absolute Gasteiger partial charge is 0.394 e. The van der Waals surface area contributed by atoms with E-state index in [0.29, 0.717) is 45.3 Å². The normalized spacial score (nSPS) is 11.9. The van der Waals surface area contributed by atoms with Crippen LogP contribution in [-0.4, -0.2) is 34.9 Å². The molecule has 0 aliphatic heterocycles. The lowest BCUT2D eigenvalue weighted by Crippen LogP contribution is -2.04. The first-order valence-electron chi connectivity index (χ1n) is 11.0. The van der Waals surface area contributed by atoms with Gasteiger partial charge in [-0.2, -0.15) is 0 Å². The minimum Gasteiger partial charge on any atom is -0.394 e. The second kappa shape index (κ2) is 8.09. The fourth-order valence-corrected chi connectivity index (χ4v) is 4.20. The Morgan fingerprint density at radius 2 is 1.50 bits per heavy atom. The number of nitrogens with zero attached hydrogens (tertiary/aromatic N) is 5. The zero-order valence-corrected chi connectivity index (χ0v) is 19.0. The van der Waals surface area contributed by atoms with Crippen LogP contribution in [0.5, 0.6) is 0 Å². The molecule has 36 heavy (non-hydrogen) atoms. The van der Waals surface area contributed by atoms with Crippen molar-refractivity contribution in [1.82, 2.24) is 34.9 Å². The van der Waals surface area contributed by atoms with E-state index in [2.05, 4.69) is 53.4 Å². The molecule has 6 aromatic heterocycles. The van der Waals surface area contributed by atoms with E-state index in [4.69, 9.17) is 16.5 Å². The van der Waals surface area contributed by atoms with Gasteiger partial charge in [0.15, 0.2) is 11.3 Å². The summed E-state index contributed by atoms with van der Waals surface area (Å²) in [7, 11) is 0. The van der Waals surface area contributed by atoms with E-state index >= 15 is 0 Å². The van der Waals surface area contributed by atoms with Gasteiger partial charge in [-0.1, -0.05) is 25.3 Å². The second-order valence-corrected chi connectivity index (χ2v) is 8.02. The number of hydrogen-bond donors (Lipinski definition) is 6. The summed E-state index contributed by atoms with van der Waals surface area (Å²) in [5.41, 5.74) is 18.6. The van der Waals surface area contributed by atoms with Crippen LogP contribution in [0.4, 0.5) is 28.8 Å². The lowest BCUT2D eigenvalue weighted by Gasteiger charge is -2.03. The predicted octanol–water partition coefficient (Wildman–Crippen LogP) is 4.14. The summed E-state index contributed by atoms with van der Waals surface area (Å²) < 4.78 is 0. The summed E-state index contributed by atoms with van der Waals surface area (Å²) in [6.07, 6.45) is 11.9. The summed E-state index contributed by atoms with van der Waals surface area (Å²) in [4.78, 5) is 32.1. The lowest BCUT2D eigenvalue weighted by atomic mass is 10.2. The Morgan fingerprint density at radius 3 is 2.22 bits per heavy atom. The number of rotatable bonds is 5. The molecule has 11 heteroatoms. The number of aromatic amines is 3. The van der Waals surface area contributed by atoms with E-state index in [9.17, 15) is 0 Å². The van der Waals surface area contributed by atoms with Gasteiger partial charge in [-0.05, 0) is 12.1 Å². The molecule has 0 saturated carbocycles. The Labute approximate surface area is 203 Å². The van der Waals surface area contributed by atoms with Crippen LogP contribution >= 0.6 is 0 Å². The Bertz CT molecular complexity index is 1890. The summed E-state index contributed by atoms with van der Waals surface area (Å²) >= 11 is 0. The van der Waals surface area contributed by atoms with Crippen LogP contribution in [-0.2, 0) is 0 Å². The SMILES string of the molecule is C=Cc1ccnc2c(N)c(/N=c3\ncnc(Nc4[nH]c5c(C=C)ccnc5c4N)c4c[nH]cc34)[nH]c12. The van der Waals surface area contributed by atoms with E-state index in [0.717, 1.165) is 32.9 Å². The first-order valence-corrected chi connectivity index (χ1v) is 11.0. The fraction of sp³-hybridized carbons (Fsp3) is 0. The third kappa shape index (κ3) is 3.18. The highest BCUT2D eigenvalue weighted by Gasteiger charge is 2.15. The van der Waals surface area contributed by atoms with Gasteiger partial charge in [0.2, 0.25) is 0 Å². The minimum absolute atomic E-state index is 0.422. The molecule has 0 radical (unpaired) electrons. The summed E-state index contributed by atoms with van der Waals surface area (Å²) in [5, 5.41) is 4.76. The van der Waals surface area contributed by atoms with Crippen LogP contribution in [0.25, 0.3) is 45.0 Å². The monoisotopic (exact) mass is 475 g/mol. The van der Waals surface area contributed by atoms with Crippen LogP contribution in [0.2, 0.25) is 0 Å². The smallest absolute Gasteiger partial charge is 0.165 e. The number of nitrogens with two attached hydrogens (primary N) is 2. The van der Waals surface area contributed by atoms with Crippen LogP contribution in [0.15, 0.2) is 61.4 Å². The molecule has 6 aromatic rings. The van der Waals surface area contributed by atoms with Gasteiger partial charge in [-0.15, -0.1) is 0 Å². The maximum absolute atomic E-state index is 6.38. The van der Waals surface area contributed by atoms with Gasteiger partial charge in [0.1, 0.15) is 40.4 Å². The number of nitrogen functional groups attached to an aromatic ring is 2. The van der Waals surface area contributed by atoms with Crippen molar-refractivity contribution in [1.29, 1.82) is 0 Å². The van der Waals surface area contributed by atoms with Crippen molar-refractivity contribution in [3.05, 3.63) is 73.0 Å². The van der Waals surface area contributed by atoms with E-state index in [1.807, 2.05) is 18.3 Å². The number of anilines is 4. The first-order chi connectivity index (χ1) is 17.6. The Morgan fingerprint density at radius 1 is 0.833 bits per heavy atom. The summed E-state index contributed by atoms with van der Waals surface area (Å²) in [5.74, 6) is 1.54. The Hall–Kier alpha value is -5.45. The van der Waals surface area contributed by atoms with Gasteiger partial charge < -0.3 is 31.7 Å². The maximum atomic E-state index is 6.38. The topological polar surface area (TPSA) is 175 Å². The van der Waals surface area contributed by atoms with Gasteiger partial charge in [-0.3, -0.25) is 9.97 Å². The average molecular weight is 476 g/mol. The quantitative estimate of drug-likeness (QED) is 0.217. The van der Waals surface area contributed by atoms with Crippen molar-refractivity contribution in [3.63, 3.8) is 0 Å². The van der Waals surface area contributed by atoms with Crippen molar-refractivity contribution < 1.29 is 0 Å². The molecule has 6 rings (SSSR count). The fourth-order valence-electron chi connectivity index (χ4n) is 4.20. The molecule has 0 atom stereocenters. The highest BCUT2D eigenvalue weighted by atomic mass is 15.1. The van der Waals surface area contributed by atoms with E-state index in [-0.39, 0.29) is 0 Å². The maximum Gasteiger partial charge on any atom is 0.165 e. The third-order valence-corrected chi connectivity index (χ3v) is 6.00. The molecule has 0 saturated heterocycles. The van der Waals surface area contributed by atoms with E-state index in [1.165, 1.54) is 6.33 Å². The molecule has 6 heterocycles. The van der Waals surface area contributed by atoms with Crippen molar-refractivity contribution in [2.24, 2.45) is 4.99 Å². The van der Waals surface area contributed by atoms with Crippen LogP contribution in [0.1, 0.15) is 11.1 Å². The van der Waals surface area contributed by atoms with Crippen molar-refractivity contribution >= 4 is 73.8 Å². The van der Waals surface area contributed by atoms with E-state index in [1.54, 1.807) is 30.7 Å². The van der Waals surface area contributed by atoms with E-state index < -0.39 is 0 Å². The molecule has 0 aromatic carbocycles. The highest BCUT2D eigenvalue weighted by molar-refractivity contribution is 6.02. The van der Waals surface area contributed by atoms with Crippen molar-refractivity contribution in [2.45, 2.75) is 0 Å². The minimum atomic E-state index is 0.422. The Kier molecular flexibility index (Phi) is 4.75. The van der Waals surface area contributed by atoms with Gasteiger partial charge in [0, 0.05) is 46.7 Å². The van der Waals surface area contributed by atoms with Gasteiger partial charge in [0.25, 0.3) is 0 Å². The average Bonchev–Trinajstić information content (AvgIpc) is 3.56. The second-order valence-electron chi connectivity index (χ2n) is 8.02. The molecule has 0 bridgehead atoms. The molecule has 8 N–H and O–H groups in total. The third-order valence-electron chi connectivity index (χ3n) is 6.00. The zero-order chi connectivity index (χ0) is 24.8. The molecule has 176 valence electrons. The molecule has 0 amide bonds. The molecular weight excluding hydrogens is 454 g/mol. The molecule has 0 aliphatic rings. The molecule has 0 fully saturated rings. The van der Waals surface area contributed by atoms with Crippen LogP contribution in [0.3, 0.4) is 0 Å². The summed E-state index contributed by atoms with van der Waals surface area (Å²) in [6, 6.07) is 3.71.